The first kappa shape index (κ1) is 11.2. The van der Waals surface area contributed by atoms with Crippen molar-refractivity contribution in [2.75, 3.05) is 25.2 Å². The first-order valence-electron chi connectivity index (χ1n) is 5.56. The maximum absolute atomic E-state index is 11.9. The molecule has 0 aliphatic carbocycles. The summed E-state index contributed by atoms with van der Waals surface area (Å²) in [7, 11) is 0. The summed E-state index contributed by atoms with van der Waals surface area (Å²) in [5.74, 6) is -0.109. The molecule has 0 spiro atoms. The van der Waals surface area contributed by atoms with Crippen LogP contribution in [0.3, 0.4) is 0 Å². The van der Waals surface area contributed by atoms with Crippen LogP contribution in [0.1, 0.15) is 6.92 Å². The normalized spacial score (nSPS) is 24.6. The van der Waals surface area contributed by atoms with Crippen molar-refractivity contribution < 1.29 is 9.53 Å². The Morgan fingerprint density at radius 1 is 1.44 bits per heavy atom. The molecular formula is C11H17N3O2. The van der Waals surface area contributed by atoms with Crippen molar-refractivity contribution in [1.82, 2.24) is 9.99 Å². The first-order valence-corrected chi connectivity index (χ1v) is 5.56. The minimum absolute atomic E-state index is 0.000324. The van der Waals surface area contributed by atoms with E-state index in [2.05, 4.69) is 10.7 Å². The fourth-order valence-electron chi connectivity index (χ4n) is 1.90. The second-order valence-electron chi connectivity index (χ2n) is 3.87. The van der Waals surface area contributed by atoms with E-state index in [0.29, 0.717) is 13.2 Å². The summed E-state index contributed by atoms with van der Waals surface area (Å²) in [6.07, 6.45) is 3.60. The van der Waals surface area contributed by atoms with Crippen LogP contribution in [0.15, 0.2) is 24.5 Å². The van der Waals surface area contributed by atoms with Gasteiger partial charge in [-0.3, -0.25) is 14.9 Å². The molecule has 88 valence electrons. The highest BCUT2D eigenvalue weighted by Gasteiger charge is 2.33. The van der Waals surface area contributed by atoms with Gasteiger partial charge in [0, 0.05) is 18.4 Å². The van der Waals surface area contributed by atoms with E-state index in [4.69, 9.17) is 4.74 Å². The van der Waals surface area contributed by atoms with Crippen LogP contribution < -0.4 is 10.7 Å². The fraction of sp³-hybridized carbons (Fsp3) is 0.545. The number of carbonyl (C=O) groups excluding carboxylic acids is 1. The van der Waals surface area contributed by atoms with Crippen LogP contribution in [0, 0.1) is 5.92 Å². The summed E-state index contributed by atoms with van der Waals surface area (Å²) in [5.41, 5.74) is 2.81. The number of hydrogen-bond acceptors (Lipinski definition) is 3. The Labute approximate surface area is 94.7 Å². The van der Waals surface area contributed by atoms with E-state index in [1.165, 1.54) is 0 Å². The first-order chi connectivity index (χ1) is 7.81. The molecule has 0 saturated carbocycles. The zero-order chi connectivity index (χ0) is 11.4. The lowest BCUT2D eigenvalue weighted by Crippen LogP contribution is -2.42. The molecule has 1 aliphatic rings. The van der Waals surface area contributed by atoms with E-state index < -0.39 is 0 Å². The lowest BCUT2D eigenvalue weighted by molar-refractivity contribution is -0.121. The molecular weight excluding hydrogens is 206 g/mol. The SMILES string of the molecule is CCNC1COCC1C(=O)Nn1cccc1. The molecule has 2 unspecified atom stereocenters. The minimum Gasteiger partial charge on any atom is -0.379 e. The quantitative estimate of drug-likeness (QED) is 0.765. The summed E-state index contributed by atoms with van der Waals surface area (Å²) in [5, 5.41) is 3.26. The van der Waals surface area contributed by atoms with E-state index in [9.17, 15) is 4.79 Å². The van der Waals surface area contributed by atoms with Crippen LogP contribution in [0.2, 0.25) is 0 Å². The van der Waals surface area contributed by atoms with Crippen LogP contribution in [0.25, 0.3) is 0 Å². The zero-order valence-electron chi connectivity index (χ0n) is 9.35. The highest BCUT2D eigenvalue weighted by molar-refractivity contribution is 5.87. The van der Waals surface area contributed by atoms with Gasteiger partial charge in [-0.2, -0.15) is 0 Å². The molecule has 1 aromatic rings. The summed E-state index contributed by atoms with van der Waals surface area (Å²) in [6.45, 7) is 3.98. The van der Waals surface area contributed by atoms with Gasteiger partial charge in [0.1, 0.15) is 0 Å². The van der Waals surface area contributed by atoms with Crippen molar-refractivity contribution in [3.63, 3.8) is 0 Å². The molecule has 2 atom stereocenters. The van der Waals surface area contributed by atoms with Gasteiger partial charge in [0.25, 0.3) is 0 Å². The van der Waals surface area contributed by atoms with Crippen LogP contribution >= 0.6 is 0 Å². The standard InChI is InChI=1S/C11H17N3O2/c1-2-12-10-8-16-7-9(10)11(15)13-14-5-3-4-6-14/h3-6,9-10,12H,2,7-8H2,1H3,(H,13,15). The van der Waals surface area contributed by atoms with Crippen LogP contribution in [0.5, 0.6) is 0 Å². The van der Waals surface area contributed by atoms with Gasteiger partial charge >= 0.3 is 0 Å². The van der Waals surface area contributed by atoms with Gasteiger partial charge in [0.05, 0.1) is 19.1 Å². The molecule has 1 saturated heterocycles. The highest BCUT2D eigenvalue weighted by Crippen LogP contribution is 2.14. The lowest BCUT2D eigenvalue weighted by Gasteiger charge is -2.17. The van der Waals surface area contributed by atoms with Crippen molar-refractivity contribution in [3.8, 4) is 0 Å². The summed E-state index contributed by atoms with van der Waals surface area (Å²) < 4.78 is 6.99. The van der Waals surface area contributed by atoms with Crippen LogP contribution in [-0.4, -0.2) is 36.4 Å². The molecule has 1 fully saturated rings. The van der Waals surface area contributed by atoms with E-state index >= 15 is 0 Å². The van der Waals surface area contributed by atoms with Crippen LogP contribution in [0.4, 0.5) is 0 Å². The molecule has 1 aliphatic heterocycles. The van der Waals surface area contributed by atoms with Crippen molar-refractivity contribution in [2.24, 2.45) is 5.92 Å². The molecule has 2 heterocycles. The summed E-state index contributed by atoms with van der Waals surface area (Å²) in [6, 6.07) is 3.86. The number of carbonyl (C=O) groups is 1. The fourth-order valence-corrected chi connectivity index (χ4v) is 1.90. The second-order valence-corrected chi connectivity index (χ2v) is 3.87. The van der Waals surface area contributed by atoms with Gasteiger partial charge in [-0.15, -0.1) is 0 Å². The Balaban J connectivity index is 1.93. The number of nitrogens with zero attached hydrogens (tertiary/aromatic N) is 1. The maximum atomic E-state index is 11.9. The van der Waals surface area contributed by atoms with Crippen molar-refractivity contribution in [2.45, 2.75) is 13.0 Å². The third-order valence-corrected chi connectivity index (χ3v) is 2.73. The van der Waals surface area contributed by atoms with Crippen molar-refractivity contribution in [3.05, 3.63) is 24.5 Å². The Kier molecular flexibility index (Phi) is 3.58. The maximum Gasteiger partial charge on any atom is 0.245 e. The summed E-state index contributed by atoms with van der Waals surface area (Å²) >= 11 is 0. The van der Waals surface area contributed by atoms with Gasteiger partial charge in [-0.1, -0.05) is 6.92 Å². The topological polar surface area (TPSA) is 55.3 Å². The number of rotatable bonds is 4. The molecule has 0 bridgehead atoms. The van der Waals surface area contributed by atoms with Crippen molar-refractivity contribution in [1.29, 1.82) is 0 Å². The molecule has 1 aromatic heterocycles. The van der Waals surface area contributed by atoms with E-state index in [0.717, 1.165) is 6.54 Å². The molecule has 2 N–H and O–H groups in total. The number of likely N-dealkylation sites (N-methyl/N-ethyl adjacent to an activating group) is 1. The van der Waals surface area contributed by atoms with E-state index in [1.807, 2.05) is 19.1 Å². The molecule has 2 rings (SSSR count). The van der Waals surface area contributed by atoms with Gasteiger partial charge in [0.2, 0.25) is 5.91 Å². The largest absolute Gasteiger partial charge is 0.379 e. The smallest absolute Gasteiger partial charge is 0.245 e. The van der Waals surface area contributed by atoms with E-state index in [1.54, 1.807) is 17.1 Å². The third kappa shape index (κ3) is 2.43. The second kappa shape index (κ2) is 5.14. The Bertz CT molecular complexity index is 337. The predicted octanol–water partition coefficient (Wildman–Crippen LogP) is 0.183. The molecule has 5 heteroatoms. The number of amides is 1. The highest BCUT2D eigenvalue weighted by atomic mass is 16.5. The third-order valence-electron chi connectivity index (χ3n) is 2.73. The molecule has 0 radical (unpaired) electrons. The number of aromatic nitrogens is 1. The summed E-state index contributed by atoms with van der Waals surface area (Å²) in [4.78, 5) is 11.9. The van der Waals surface area contributed by atoms with Gasteiger partial charge in [-0.25, -0.2) is 0 Å². The molecule has 0 aromatic carbocycles. The minimum atomic E-state index is -0.109. The van der Waals surface area contributed by atoms with Crippen molar-refractivity contribution >= 4 is 5.91 Å². The Morgan fingerprint density at radius 2 is 2.19 bits per heavy atom. The van der Waals surface area contributed by atoms with Gasteiger partial charge in [-0.05, 0) is 18.7 Å². The van der Waals surface area contributed by atoms with Gasteiger partial charge < -0.3 is 10.1 Å². The Hall–Kier alpha value is -1.33. The zero-order valence-corrected chi connectivity index (χ0v) is 9.35. The average molecular weight is 223 g/mol. The van der Waals surface area contributed by atoms with Crippen LogP contribution in [-0.2, 0) is 9.53 Å². The number of ether oxygens (including phenoxy) is 1. The average Bonchev–Trinajstić information content (AvgIpc) is 2.89. The Morgan fingerprint density at radius 3 is 2.88 bits per heavy atom. The van der Waals surface area contributed by atoms with E-state index in [-0.39, 0.29) is 17.9 Å². The molecule has 5 nitrogen and oxygen atoms in total. The van der Waals surface area contributed by atoms with Gasteiger partial charge in [0.15, 0.2) is 0 Å². The lowest BCUT2D eigenvalue weighted by atomic mass is 10.0. The number of hydrogen-bond donors (Lipinski definition) is 2. The molecule has 16 heavy (non-hydrogen) atoms. The predicted molar refractivity (Wildman–Crippen MR) is 60.6 cm³/mol. The monoisotopic (exact) mass is 223 g/mol. The molecule has 1 amide bonds. The number of nitrogens with one attached hydrogen (secondary N) is 2.